The van der Waals surface area contributed by atoms with Crippen LogP contribution in [0, 0.1) is 0 Å². The summed E-state index contributed by atoms with van der Waals surface area (Å²) < 4.78 is 5.54. The fraction of sp³-hybridized carbons (Fsp3) is 0.500. The molecule has 2 aromatic rings. The summed E-state index contributed by atoms with van der Waals surface area (Å²) in [5.41, 5.74) is 1.27. The van der Waals surface area contributed by atoms with Crippen molar-refractivity contribution in [1.82, 2.24) is 5.32 Å². The summed E-state index contributed by atoms with van der Waals surface area (Å²) in [7, 11) is 1.75. The lowest BCUT2D eigenvalue weighted by Crippen LogP contribution is -2.15. The molecule has 128 valence electrons. The molecule has 0 aromatic heterocycles. The van der Waals surface area contributed by atoms with Gasteiger partial charge in [-0.05, 0) is 29.8 Å². The first-order chi connectivity index (χ1) is 10.9. The van der Waals surface area contributed by atoms with Crippen LogP contribution in [0.2, 0.25) is 0 Å². The van der Waals surface area contributed by atoms with Crippen LogP contribution in [0.3, 0.4) is 0 Å². The Morgan fingerprint density at radius 3 is 2.43 bits per heavy atom. The van der Waals surface area contributed by atoms with Gasteiger partial charge in [0.15, 0.2) is 0 Å². The summed E-state index contributed by atoms with van der Waals surface area (Å²) in [6, 6.07) is 12.7. The molecule has 1 N–H and O–H groups in total. The van der Waals surface area contributed by atoms with Crippen molar-refractivity contribution in [2.75, 3.05) is 13.7 Å². The third-order valence-corrected chi connectivity index (χ3v) is 4.23. The summed E-state index contributed by atoms with van der Waals surface area (Å²) in [4.78, 5) is 0. The van der Waals surface area contributed by atoms with Crippen molar-refractivity contribution in [3.63, 3.8) is 0 Å². The molecule has 0 aliphatic carbocycles. The Hall–Kier alpha value is -1.25. The predicted octanol–water partition coefficient (Wildman–Crippen LogP) is 5.72. The van der Waals surface area contributed by atoms with Gasteiger partial charge in [0, 0.05) is 12.1 Å². The molecule has 0 amide bonds. The number of unbranched alkanes of at least 4 members (excludes halogenated alkanes) is 5. The SMILES string of the molecule is CCCCCCCCNCc1c(OC)ccc2ccccc12.Cl. The molecular formula is C20H30ClNO. The van der Waals surface area contributed by atoms with E-state index < -0.39 is 0 Å². The molecule has 0 aliphatic rings. The fourth-order valence-corrected chi connectivity index (χ4v) is 2.93. The first kappa shape index (κ1) is 19.8. The highest BCUT2D eigenvalue weighted by atomic mass is 35.5. The molecule has 0 saturated carbocycles. The van der Waals surface area contributed by atoms with E-state index in [1.807, 2.05) is 0 Å². The van der Waals surface area contributed by atoms with Crippen LogP contribution < -0.4 is 10.1 Å². The number of methoxy groups -OCH3 is 1. The van der Waals surface area contributed by atoms with E-state index in [2.05, 4.69) is 48.6 Å². The number of nitrogens with one attached hydrogen (secondary N) is 1. The minimum absolute atomic E-state index is 0. The fourth-order valence-electron chi connectivity index (χ4n) is 2.93. The molecule has 0 aliphatic heterocycles. The number of benzene rings is 2. The normalized spacial score (nSPS) is 10.5. The topological polar surface area (TPSA) is 21.3 Å². The third-order valence-electron chi connectivity index (χ3n) is 4.23. The van der Waals surface area contributed by atoms with Crippen LogP contribution in [-0.4, -0.2) is 13.7 Å². The average Bonchev–Trinajstić information content (AvgIpc) is 2.57. The lowest BCUT2D eigenvalue weighted by molar-refractivity contribution is 0.408. The van der Waals surface area contributed by atoms with Crippen molar-refractivity contribution in [3.05, 3.63) is 42.0 Å². The average molecular weight is 336 g/mol. The molecule has 0 bridgehead atoms. The van der Waals surface area contributed by atoms with E-state index in [0.29, 0.717) is 0 Å². The molecule has 0 atom stereocenters. The van der Waals surface area contributed by atoms with Gasteiger partial charge in [0.2, 0.25) is 0 Å². The van der Waals surface area contributed by atoms with Gasteiger partial charge in [-0.2, -0.15) is 0 Å². The summed E-state index contributed by atoms with van der Waals surface area (Å²) in [6.07, 6.45) is 8.04. The highest BCUT2D eigenvalue weighted by Crippen LogP contribution is 2.27. The van der Waals surface area contributed by atoms with Gasteiger partial charge in [0.25, 0.3) is 0 Å². The van der Waals surface area contributed by atoms with E-state index in [4.69, 9.17) is 4.74 Å². The zero-order chi connectivity index (χ0) is 15.6. The second kappa shape index (κ2) is 11.3. The van der Waals surface area contributed by atoms with E-state index in [0.717, 1.165) is 18.8 Å². The van der Waals surface area contributed by atoms with Gasteiger partial charge in [0.05, 0.1) is 7.11 Å². The Balaban J connectivity index is 0.00000264. The minimum atomic E-state index is 0. The first-order valence-electron chi connectivity index (χ1n) is 8.62. The van der Waals surface area contributed by atoms with Crippen LogP contribution in [0.25, 0.3) is 10.8 Å². The Kier molecular flexibility index (Phi) is 9.74. The number of ether oxygens (including phenoxy) is 1. The highest BCUT2D eigenvalue weighted by Gasteiger charge is 2.07. The molecule has 3 heteroatoms. The molecule has 2 aromatic carbocycles. The van der Waals surface area contributed by atoms with Crippen molar-refractivity contribution >= 4 is 23.2 Å². The maximum atomic E-state index is 5.54. The minimum Gasteiger partial charge on any atom is -0.496 e. The van der Waals surface area contributed by atoms with Crippen molar-refractivity contribution in [3.8, 4) is 5.75 Å². The lowest BCUT2D eigenvalue weighted by atomic mass is 10.0. The number of rotatable bonds is 10. The van der Waals surface area contributed by atoms with Gasteiger partial charge in [-0.3, -0.25) is 0 Å². The summed E-state index contributed by atoms with van der Waals surface area (Å²) in [5.74, 6) is 0.981. The largest absolute Gasteiger partial charge is 0.496 e. The molecule has 0 radical (unpaired) electrons. The molecule has 23 heavy (non-hydrogen) atoms. The molecule has 0 heterocycles. The van der Waals surface area contributed by atoms with Crippen molar-refractivity contribution in [1.29, 1.82) is 0 Å². The Labute approximate surface area is 147 Å². The lowest BCUT2D eigenvalue weighted by Gasteiger charge is -2.13. The van der Waals surface area contributed by atoms with Gasteiger partial charge >= 0.3 is 0 Å². The highest BCUT2D eigenvalue weighted by molar-refractivity contribution is 5.87. The van der Waals surface area contributed by atoms with Gasteiger partial charge in [0.1, 0.15) is 5.75 Å². The smallest absolute Gasteiger partial charge is 0.123 e. The second-order valence-electron chi connectivity index (χ2n) is 5.91. The van der Waals surface area contributed by atoms with E-state index in [9.17, 15) is 0 Å². The zero-order valence-corrected chi connectivity index (χ0v) is 15.3. The molecule has 0 spiro atoms. The molecule has 2 nitrogen and oxygen atoms in total. The molecule has 2 rings (SSSR count). The number of hydrogen-bond acceptors (Lipinski definition) is 2. The Bertz CT molecular complexity index is 571. The number of hydrogen-bond donors (Lipinski definition) is 1. The molecule has 0 saturated heterocycles. The van der Waals surface area contributed by atoms with Gasteiger partial charge in [-0.15, -0.1) is 12.4 Å². The van der Waals surface area contributed by atoms with Crippen LogP contribution in [0.5, 0.6) is 5.75 Å². The van der Waals surface area contributed by atoms with Crippen molar-refractivity contribution in [2.45, 2.75) is 52.0 Å². The predicted molar refractivity (Wildman–Crippen MR) is 103 cm³/mol. The van der Waals surface area contributed by atoms with E-state index >= 15 is 0 Å². The van der Waals surface area contributed by atoms with Crippen LogP contribution in [-0.2, 0) is 6.54 Å². The van der Waals surface area contributed by atoms with Crippen LogP contribution in [0.15, 0.2) is 36.4 Å². The summed E-state index contributed by atoms with van der Waals surface area (Å²) in [5, 5.41) is 6.15. The quantitative estimate of drug-likeness (QED) is 0.560. The maximum Gasteiger partial charge on any atom is 0.123 e. The van der Waals surface area contributed by atoms with Crippen LogP contribution in [0.4, 0.5) is 0 Å². The van der Waals surface area contributed by atoms with Gasteiger partial charge < -0.3 is 10.1 Å². The van der Waals surface area contributed by atoms with Gasteiger partial charge in [-0.1, -0.05) is 69.4 Å². The van der Waals surface area contributed by atoms with Crippen molar-refractivity contribution in [2.24, 2.45) is 0 Å². The van der Waals surface area contributed by atoms with E-state index in [-0.39, 0.29) is 12.4 Å². The molecular weight excluding hydrogens is 306 g/mol. The maximum absolute atomic E-state index is 5.54. The number of fused-ring (bicyclic) bond motifs is 1. The first-order valence-corrected chi connectivity index (χ1v) is 8.62. The van der Waals surface area contributed by atoms with Crippen LogP contribution in [0.1, 0.15) is 51.0 Å². The molecule has 0 unspecified atom stereocenters. The van der Waals surface area contributed by atoms with Crippen LogP contribution >= 0.6 is 12.4 Å². The summed E-state index contributed by atoms with van der Waals surface area (Å²) >= 11 is 0. The van der Waals surface area contributed by atoms with E-state index in [1.54, 1.807) is 7.11 Å². The van der Waals surface area contributed by atoms with Gasteiger partial charge in [-0.25, -0.2) is 0 Å². The Morgan fingerprint density at radius 1 is 0.913 bits per heavy atom. The monoisotopic (exact) mass is 335 g/mol. The third kappa shape index (κ3) is 6.04. The van der Waals surface area contributed by atoms with Crippen molar-refractivity contribution < 1.29 is 4.74 Å². The standard InChI is InChI=1S/C20H29NO.ClH/c1-3-4-5-6-7-10-15-21-16-19-18-12-9-8-11-17(18)13-14-20(19)22-2;/h8-9,11-14,21H,3-7,10,15-16H2,1-2H3;1H. The summed E-state index contributed by atoms with van der Waals surface area (Å²) in [6.45, 7) is 4.22. The number of halogens is 1. The second-order valence-corrected chi connectivity index (χ2v) is 5.91. The van der Waals surface area contributed by atoms with E-state index in [1.165, 1.54) is 54.9 Å². The molecule has 0 fully saturated rings. The zero-order valence-electron chi connectivity index (χ0n) is 14.4. The Morgan fingerprint density at radius 2 is 1.65 bits per heavy atom.